The monoisotopic (exact) mass is 259 g/mol. The van der Waals surface area contributed by atoms with Crippen molar-refractivity contribution >= 4 is 23.2 Å². The van der Waals surface area contributed by atoms with E-state index in [2.05, 4.69) is 16.0 Å². The third-order valence-electron chi connectivity index (χ3n) is 2.47. The van der Waals surface area contributed by atoms with Gasteiger partial charge in [0.15, 0.2) is 5.11 Å². The molecular weight excluding hydrogens is 238 g/mol. The summed E-state index contributed by atoms with van der Waals surface area (Å²) in [4.78, 5) is 11.3. The van der Waals surface area contributed by atoms with Crippen LogP contribution in [0.5, 0.6) is 0 Å². The molecule has 1 amide bonds. The lowest BCUT2D eigenvalue weighted by atomic mass is 10.4. The van der Waals surface area contributed by atoms with Crippen molar-refractivity contribution in [3.05, 3.63) is 0 Å². The molecule has 0 aromatic rings. The van der Waals surface area contributed by atoms with Crippen molar-refractivity contribution in [1.29, 1.82) is 0 Å². The fourth-order valence-electron chi connectivity index (χ4n) is 1.33. The second-order valence-electron chi connectivity index (χ2n) is 4.09. The average molecular weight is 259 g/mol. The highest BCUT2D eigenvalue weighted by Gasteiger charge is 2.28. The molecule has 0 aromatic carbocycles. The summed E-state index contributed by atoms with van der Waals surface area (Å²) in [5.41, 5.74) is 0. The highest BCUT2D eigenvalue weighted by molar-refractivity contribution is 7.80. The molecule has 17 heavy (non-hydrogen) atoms. The van der Waals surface area contributed by atoms with E-state index in [1.165, 1.54) is 0 Å². The van der Waals surface area contributed by atoms with Crippen LogP contribution in [0.2, 0.25) is 0 Å². The van der Waals surface area contributed by atoms with Gasteiger partial charge in [-0.25, -0.2) is 0 Å². The molecule has 3 N–H and O–H groups in total. The molecule has 0 atom stereocenters. The van der Waals surface area contributed by atoms with Gasteiger partial charge in [-0.2, -0.15) is 0 Å². The van der Waals surface area contributed by atoms with Crippen LogP contribution in [0.15, 0.2) is 0 Å². The molecule has 5 nitrogen and oxygen atoms in total. The molecule has 1 rings (SSSR count). The van der Waals surface area contributed by atoms with Crippen molar-refractivity contribution in [1.82, 2.24) is 16.0 Å². The van der Waals surface area contributed by atoms with Crippen LogP contribution in [0.4, 0.5) is 0 Å². The molecule has 1 saturated carbocycles. The van der Waals surface area contributed by atoms with Crippen LogP contribution in [0.3, 0.4) is 0 Å². The van der Waals surface area contributed by atoms with E-state index in [1.54, 1.807) is 7.11 Å². The molecule has 0 aromatic heterocycles. The van der Waals surface area contributed by atoms with E-state index >= 15 is 0 Å². The topological polar surface area (TPSA) is 62.4 Å². The maximum absolute atomic E-state index is 11.3. The quantitative estimate of drug-likeness (QED) is 0.423. The normalized spacial score (nSPS) is 14.2. The lowest BCUT2D eigenvalue weighted by molar-refractivity contribution is -0.122. The molecule has 0 saturated heterocycles. The van der Waals surface area contributed by atoms with Crippen molar-refractivity contribution in [3.63, 3.8) is 0 Å². The Kier molecular flexibility index (Phi) is 6.88. The van der Waals surface area contributed by atoms with Gasteiger partial charge in [-0.05, 0) is 31.5 Å². The van der Waals surface area contributed by atoms with Gasteiger partial charge in [0.1, 0.15) is 0 Å². The summed E-state index contributed by atoms with van der Waals surface area (Å²) in [6.07, 6.45) is 3.01. The van der Waals surface area contributed by atoms with E-state index in [1.807, 2.05) is 0 Å². The Labute approximate surface area is 108 Å². The first-order valence-corrected chi connectivity index (χ1v) is 6.43. The number of hydrogen-bond donors (Lipinski definition) is 3. The van der Waals surface area contributed by atoms with Crippen LogP contribution in [0, 0.1) is 5.92 Å². The molecule has 0 heterocycles. The van der Waals surface area contributed by atoms with Gasteiger partial charge in [-0.15, -0.1) is 0 Å². The number of carbonyl (C=O) groups excluding carboxylic acids is 1. The maximum atomic E-state index is 11.3. The molecule has 1 aliphatic carbocycles. The maximum Gasteiger partial charge on any atom is 0.223 e. The molecule has 6 heteroatoms. The SMILES string of the molecule is COCCCNC(=S)NCCNC(=O)C1CC1. The predicted molar refractivity (Wildman–Crippen MR) is 70.8 cm³/mol. The van der Waals surface area contributed by atoms with E-state index < -0.39 is 0 Å². The Bertz CT molecular complexity index is 257. The zero-order valence-corrected chi connectivity index (χ0v) is 11.1. The summed E-state index contributed by atoms with van der Waals surface area (Å²) in [6.45, 7) is 2.81. The second-order valence-corrected chi connectivity index (χ2v) is 4.50. The Morgan fingerprint density at radius 1 is 1.24 bits per heavy atom. The van der Waals surface area contributed by atoms with Crippen LogP contribution in [0.1, 0.15) is 19.3 Å². The number of ether oxygens (including phenoxy) is 1. The van der Waals surface area contributed by atoms with E-state index in [9.17, 15) is 4.79 Å². The van der Waals surface area contributed by atoms with Crippen LogP contribution < -0.4 is 16.0 Å². The zero-order valence-electron chi connectivity index (χ0n) is 10.3. The Balaban J connectivity index is 1.87. The molecule has 1 fully saturated rings. The van der Waals surface area contributed by atoms with Crippen molar-refractivity contribution in [3.8, 4) is 0 Å². The number of thiocarbonyl (C=S) groups is 1. The summed E-state index contributed by atoms with van der Waals surface area (Å²) in [5.74, 6) is 0.444. The van der Waals surface area contributed by atoms with Gasteiger partial charge in [0.05, 0.1) is 0 Å². The average Bonchev–Trinajstić information content (AvgIpc) is 3.14. The molecule has 98 valence electrons. The summed E-state index contributed by atoms with van der Waals surface area (Å²) in [5, 5.41) is 9.60. The third kappa shape index (κ3) is 7.12. The Morgan fingerprint density at radius 2 is 1.88 bits per heavy atom. The summed E-state index contributed by atoms with van der Waals surface area (Å²) < 4.78 is 4.93. The van der Waals surface area contributed by atoms with Crippen LogP contribution >= 0.6 is 12.2 Å². The van der Waals surface area contributed by atoms with Crippen LogP contribution in [-0.2, 0) is 9.53 Å². The van der Waals surface area contributed by atoms with Crippen molar-refractivity contribution < 1.29 is 9.53 Å². The first-order chi connectivity index (χ1) is 8.24. The number of amides is 1. The summed E-state index contributed by atoms with van der Waals surface area (Å²) in [7, 11) is 1.68. The molecule has 0 bridgehead atoms. The van der Waals surface area contributed by atoms with Crippen molar-refractivity contribution in [2.75, 3.05) is 33.4 Å². The van der Waals surface area contributed by atoms with E-state index in [-0.39, 0.29) is 11.8 Å². The zero-order chi connectivity index (χ0) is 12.5. The fourth-order valence-corrected chi connectivity index (χ4v) is 1.54. The number of carbonyl (C=O) groups is 1. The summed E-state index contributed by atoms with van der Waals surface area (Å²) in [6, 6.07) is 0. The predicted octanol–water partition coefficient (Wildman–Crippen LogP) is 0.0132. The van der Waals surface area contributed by atoms with Crippen LogP contribution in [0.25, 0.3) is 0 Å². The van der Waals surface area contributed by atoms with Gasteiger partial charge in [0.25, 0.3) is 0 Å². The van der Waals surface area contributed by atoms with E-state index in [0.29, 0.717) is 18.2 Å². The van der Waals surface area contributed by atoms with E-state index in [4.69, 9.17) is 17.0 Å². The second kappa shape index (κ2) is 8.25. The van der Waals surface area contributed by atoms with Gasteiger partial charge in [0.2, 0.25) is 5.91 Å². The van der Waals surface area contributed by atoms with Gasteiger partial charge < -0.3 is 20.7 Å². The fraction of sp³-hybridized carbons (Fsp3) is 0.818. The van der Waals surface area contributed by atoms with Crippen molar-refractivity contribution in [2.45, 2.75) is 19.3 Å². The molecule has 0 unspecified atom stereocenters. The minimum absolute atomic E-state index is 0.172. The Hall–Kier alpha value is -0.880. The number of hydrogen-bond acceptors (Lipinski definition) is 3. The van der Waals surface area contributed by atoms with Gasteiger partial charge in [0, 0.05) is 39.3 Å². The lowest BCUT2D eigenvalue weighted by Gasteiger charge is -2.10. The Morgan fingerprint density at radius 3 is 2.53 bits per heavy atom. The van der Waals surface area contributed by atoms with Gasteiger partial charge in [-0.3, -0.25) is 4.79 Å². The van der Waals surface area contributed by atoms with Gasteiger partial charge in [-0.1, -0.05) is 0 Å². The summed E-state index contributed by atoms with van der Waals surface area (Å²) >= 11 is 5.07. The number of methoxy groups -OCH3 is 1. The van der Waals surface area contributed by atoms with Crippen molar-refractivity contribution in [2.24, 2.45) is 5.92 Å². The number of nitrogens with one attached hydrogen (secondary N) is 3. The minimum Gasteiger partial charge on any atom is -0.385 e. The molecule has 0 aliphatic heterocycles. The highest BCUT2D eigenvalue weighted by atomic mass is 32.1. The highest BCUT2D eigenvalue weighted by Crippen LogP contribution is 2.28. The first-order valence-electron chi connectivity index (χ1n) is 6.02. The number of rotatable bonds is 8. The van der Waals surface area contributed by atoms with E-state index in [0.717, 1.165) is 32.4 Å². The standard InChI is InChI=1S/C11H21N3O2S/c1-16-8-2-5-13-11(17)14-7-6-12-10(15)9-3-4-9/h9H,2-8H2,1H3,(H,12,15)(H2,13,14,17). The smallest absolute Gasteiger partial charge is 0.223 e. The van der Waals surface area contributed by atoms with Gasteiger partial charge >= 0.3 is 0 Å². The lowest BCUT2D eigenvalue weighted by Crippen LogP contribution is -2.40. The molecule has 1 aliphatic rings. The minimum atomic E-state index is 0.172. The molecule has 0 radical (unpaired) electrons. The first kappa shape index (κ1) is 14.2. The molecular formula is C11H21N3O2S. The largest absolute Gasteiger partial charge is 0.385 e. The molecule has 0 spiro atoms. The third-order valence-corrected chi connectivity index (χ3v) is 2.76. The van der Waals surface area contributed by atoms with Crippen LogP contribution in [-0.4, -0.2) is 44.4 Å².